The second-order valence-electron chi connectivity index (χ2n) is 6.05. The molecule has 0 aliphatic carbocycles. The molecule has 5 nitrogen and oxygen atoms in total. The zero-order chi connectivity index (χ0) is 14.9. The molecule has 1 atom stereocenters. The number of carbonyl (C=O) groups is 1. The minimum atomic E-state index is -0.180. The van der Waals surface area contributed by atoms with Crippen molar-refractivity contribution in [3.05, 3.63) is 0 Å². The van der Waals surface area contributed by atoms with Gasteiger partial charge in [0.15, 0.2) is 0 Å². The molecule has 110 valence electrons. The maximum absolute atomic E-state index is 11.2. The number of nitrogens with one attached hydrogen (secondary N) is 2. The highest BCUT2D eigenvalue weighted by atomic mass is 16.5. The molecule has 0 aromatic carbocycles. The van der Waals surface area contributed by atoms with E-state index in [0.717, 1.165) is 6.42 Å². The normalized spacial score (nSPS) is 13.1. The Hall–Kier alpha value is -1.12. The summed E-state index contributed by atoms with van der Waals surface area (Å²) in [5.74, 6) is -0.349. The van der Waals surface area contributed by atoms with Gasteiger partial charge in [-0.15, -0.1) is 0 Å². The molecule has 0 heterocycles. The van der Waals surface area contributed by atoms with Crippen LogP contribution in [0.5, 0.6) is 0 Å². The van der Waals surface area contributed by atoms with Crippen LogP contribution < -0.4 is 10.9 Å². The quantitative estimate of drug-likeness (QED) is 0.400. The first-order valence-corrected chi connectivity index (χ1v) is 6.82. The van der Waals surface area contributed by atoms with Crippen molar-refractivity contribution in [2.75, 3.05) is 13.2 Å². The van der Waals surface area contributed by atoms with Crippen LogP contribution in [0.1, 0.15) is 47.5 Å². The lowest BCUT2D eigenvalue weighted by Crippen LogP contribution is -2.47. The zero-order valence-electron chi connectivity index (χ0n) is 12.7. The Kier molecular flexibility index (Phi) is 8.37. The lowest BCUT2D eigenvalue weighted by Gasteiger charge is -2.22. The van der Waals surface area contributed by atoms with Gasteiger partial charge >= 0.3 is 5.97 Å². The van der Waals surface area contributed by atoms with E-state index in [1.54, 1.807) is 0 Å². The second-order valence-corrected chi connectivity index (χ2v) is 6.05. The van der Waals surface area contributed by atoms with Crippen LogP contribution in [-0.2, 0) is 9.53 Å². The van der Waals surface area contributed by atoms with Gasteiger partial charge in [-0.25, -0.2) is 0 Å². The zero-order valence-corrected chi connectivity index (χ0v) is 12.7. The number of ether oxygens (including phenoxy) is 1. The lowest BCUT2D eigenvalue weighted by molar-refractivity contribution is -0.147. The standard InChI is InChI=1S/C14H27N3O2/c1-11(2)13(18)19-8-6-7-12(9-15)10-16-17-14(3,4)5/h11-12,16-17H,6-8,10H2,1-5H3. The average molecular weight is 269 g/mol. The molecule has 0 aliphatic heterocycles. The topological polar surface area (TPSA) is 74.2 Å². The van der Waals surface area contributed by atoms with E-state index >= 15 is 0 Å². The molecule has 5 heteroatoms. The molecule has 0 rings (SSSR count). The molecule has 0 aromatic heterocycles. The number of nitriles is 1. The van der Waals surface area contributed by atoms with Crippen molar-refractivity contribution in [3.63, 3.8) is 0 Å². The van der Waals surface area contributed by atoms with Crippen molar-refractivity contribution in [2.24, 2.45) is 11.8 Å². The summed E-state index contributed by atoms with van der Waals surface area (Å²) < 4.78 is 5.07. The number of nitrogens with zero attached hydrogens (tertiary/aromatic N) is 1. The average Bonchev–Trinajstić information content (AvgIpc) is 2.30. The Labute approximate surface area is 116 Å². The van der Waals surface area contributed by atoms with Crippen LogP contribution in [0, 0.1) is 23.2 Å². The van der Waals surface area contributed by atoms with Crippen LogP contribution >= 0.6 is 0 Å². The van der Waals surface area contributed by atoms with Crippen molar-refractivity contribution in [3.8, 4) is 6.07 Å². The third-order valence-corrected chi connectivity index (χ3v) is 2.41. The van der Waals surface area contributed by atoms with E-state index in [1.165, 1.54) is 0 Å². The number of hydrazine groups is 1. The van der Waals surface area contributed by atoms with E-state index in [2.05, 4.69) is 16.9 Å². The molecule has 19 heavy (non-hydrogen) atoms. The van der Waals surface area contributed by atoms with Crippen molar-refractivity contribution in [1.29, 1.82) is 5.26 Å². The highest BCUT2D eigenvalue weighted by Crippen LogP contribution is 2.06. The molecule has 0 saturated carbocycles. The first-order valence-electron chi connectivity index (χ1n) is 6.82. The number of carbonyl (C=O) groups excluding carboxylic acids is 1. The van der Waals surface area contributed by atoms with Gasteiger partial charge in [-0.3, -0.25) is 15.6 Å². The van der Waals surface area contributed by atoms with Crippen LogP contribution in [0.15, 0.2) is 0 Å². The minimum absolute atomic E-state index is 0.0210. The smallest absolute Gasteiger partial charge is 0.308 e. The first-order chi connectivity index (χ1) is 8.76. The molecular weight excluding hydrogens is 242 g/mol. The fourth-order valence-corrected chi connectivity index (χ4v) is 1.32. The number of esters is 1. The highest BCUT2D eigenvalue weighted by Gasteiger charge is 2.12. The van der Waals surface area contributed by atoms with E-state index < -0.39 is 0 Å². The van der Waals surface area contributed by atoms with E-state index in [4.69, 9.17) is 10.00 Å². The van der Waals surface area contributed by atoms with Gasteiger partial charge in [-0.05, 0) is 33.6 Å². The fraction of sp³-hybridized carbons (Fsp3) is 0.857. The van der Waals surface area contributed by atoms with E-state index in [1.807, 2.05) is 34.6 Å². The predicted molar refractivity (Wildman–Crippen MR) is 75.0 cm³/mol. The first kappa shape index (κ1) is 17.9. The molecule has 0 spiro atoms. The van der Waals surface area contributed by atoms with Gasteiger partial charge < -0.3 is 4.74 Å². The van der Waals surface area contributed by atoms with Gasteiger partial charge in [0.25, 0.3) is 0 Å². The second kappa shape index (κ2) is 8.89. The Morgan fingerprint density at radius 1 is 1.37 bits per heavy atom. The van der Waals surface area contributed by atoms with Crippen molar-refractivity contribution >= 4 is 5.97 Å². The van der Waals surface area contributed by atoms with Crippen molar-refractivity contribution in [2.45, 2.75) is 53.0 Å². The van der Waals surface area contributed by atoms with Crippen molar-refractivity contribution in [1.82, 2.24) is 10.9 Å². The molecule has 0 amide bonds. The number of rotatable bonds is 8. The van der Waals surface area contributed by atoms with Crippen LogP contribution in [0.4, 0.5) is 0 Å². The summed E-state index contributed by atoms with van der Waals surface area (Å²) >= 11 is 0. The summed E-state index contributed by atoms with van der Waals surface area (Å²) in [6.45, 7) is 10.7. The molecule has 0 aromatic rings. The minimum Gasteiger partial charge on any atom is -0.465 e. The molecule has 0 bridgehead atoms. The third-order valence-electron chi connectivity index (χ3n) is 2.41. The summed E-state index contributed by atoms with van der Waals surface area (Å²) in [5, 5.41) is 9.03. The van der Waals surface area contributed by atoms with Crippen LogP contribution in [0.3, 0.4) is 0 Å². The molecular formula is C14H27N3O2. The number of hydrogen-bond donors (Lipinski definition) is 2. The molecule has 0 aliphatic rings. The Morgan fingerprint density at radius 2 is 2.00 bits per heavy atom. The maximum atomic E-state index is 11.2. The van der Waals surface area contributed by atoms with E-state index in [9.17, 15) is 4.79 Å². The molecule has 0 saturated heterocycles. The van der Waals surface area contributed by atoms with Crippen LogP contribution in [-0.4, -0.2) is 24.7 Å². The Balaban J connectivity index is 3.72. The molecule has 0 fully saturated rings. The van der Waals surface area contributed by atoms with Gasteiger partial charge in [-0.2, -0.15) is 5.26 Å². The van der Waals surface area contributed by atoms with E-state index in [0.29, 0.717) is 19.6 Å². The summed E-state index contributed by atoms with van der Waals surface area (Å²) in [4.78, 5) is 11.2. The van der Waals surface area contributed by atoms with Gasteiger partial charge in [0.2, 0.25) is 0 Å². The van der Waals surface area contributed by atoms with Crippen LogP contribution in [0.2, 0.25) is 0 Å². The van der Waals surface area contributed by atoms with Gasteiger partial charge in [0.05, 0.1) is 24.5 Å². The largest absolute Gasteiger partial charge is 0.465 e. The summed E-state index contributed by atoms with van der Waals surface area (Å²) in [7, 11) is 0. The Morgan fingerprint density at radius 3 is 2.47 bits per heavy atom. The predicted octanol–water partition coefficient (Wildman–Crippen LogP) is 2.00. The third kappa shape index (κ3) is 10.5. The lowest BCUT2D eigenvalue weighted by atomic mass is 10.1. The molecule has 1 unspecified atom stereocenters. The summed E-state index contributed by atoms with van der Waals surface area (Å²) in [6, 6.07) is 2.26. The summed E-state index contributed by atoms with van der Waals surface area (Å²) in [5.41, 5.74) is 6.17. The van der Waals surface area contributed by atoms with Crippen LogP contribution in [0.25, 0.3) is 0 Å². The Bertz CT molecular complexity index is 303. The van der Waals surface area contributed by atoms with Gasteiger partial charge in [0, 0.05) is 12.1 Å². The highest BCUT2D eigenvalue weighted by molar-refractivity contribution is 5.71. The fourth-order valence-electron chi connectivity index (χ4n) is 1.32. The SMILES string of the molecule is CC(C)C(=O)OCCCC(C#N)CNNC(C)(C)C. The van der Waals surface area contributed by atoms with Gasteiger partial charge in [0.1, 0.15) is 0 Å². The monoisotopic (exact) mass is 269 g/mol. The maximum Gasteiger partial charge on any atom is 0.308 e. The van der Waals surface area contributed by atoms with Gasteiger partial charge in [-0.1, -0.05) is 13.8 Å². The summed E-state index contributed by atoms with van der Waals surface area (Å²) in [6.07, 6.45) is 1.44. The molecule has 0 radical (unpaired) electrons. The van der Waals surface area contributed by atoms with Crippen molar-refractivity contribution < 1.29 is 9.53 Å². The van der Waals surface area contributed by atoms with E-state index in [-0.39, 0.29) is 23.3 Å². The number of hydrogen-bond acceptors (Lipinski definition) is 5. The molecule has 2 N–H and O–H groups in total.